The summed E-state index contributed by atoms with van der Waals surface area (Å²) in [6.45, 7) is 6.55. The lowest BCUT2D eigenvalue weighted by molar-refractivity contribution is 0.164. The first-order valence-corrected chi connectivity index (χ1v) is 8.02. The normalized spacial score (nSPS) is 20.2. The van der Waals surface area contributed by atoms with Crippen LogP contribution in [0.3, 0.4) is 0 Å². The van der Waals surface area contributed by atoms with Crippen molar-refractivity contribution in [1.82, 2.24) is 15.2 Å². The Labute approximate surface area is 128 Å². The van der Waals surface area contributed by atoms with E-state index in [2.05, 4.69) is 40.0 Å². The van der Waals surface area contributed by atoms with Crippen LogP contribution in [0.25, 0.3) is 9.88 Å². The van der Waals surface area contributed by atoms with Crippen LogP contribution in [0.1, 0.15) is 12.6 Å². The number of halogens is 1. The predicted molar refractivity (Wildman–Crippen MR) is 85.4 cm³/mol. The maximum atomic E-state index is 4.75. The summed E-state index contributed by atoms with van der Waals surface area (Å²) in [5.74, 6) is 0. The van der Waals surface area contributed by atoms with Crippen LogP contribution in [0.5, 0.6) is 0 Å². The third-order valence-electron chi connectivity index (χ3n) is 3.29. The van der Waals surface area contributed by atoms with Gasteiger partial charge in [0, 0.05) is 37.6 Å². The molecule has 3 nitrogen and oxygen atoms in total. The smallest absolute Gasteiger partial charge is 0.133 e. The van der Waals surface area contributed by atoms with Crippen LogP contribution >= 0.6 is 35.1 Å². The van der Waals surface area contributed by atoms with Crippen LogP contribution in [0.15, 0.2) is 22.9 Å². The molecule has 19 heavy (non-hydrogen) atoms. The van der Waals surface area contributed by atoms with E-state index in [1.54, 1.807) is 22.7 Å². The standard InChI is InChI=1S/C13H17N3S2.ClH/c1-10-7-14-4-5-16(10)8-11-9-18-13(15-11)12-3-2-6-17-12;/h2-3,6,9-10,14H,4-5,7-8H2,1H3;1H/t10-;/m1./s1. The highest BCUT2D eigenvalue weighted by Crippen LogP contribution is 2.28. The Kier molecular flexibility index (Phi) is 5.36. The van der Waals surface area contributed by atoms with Crippen molar-refractivity contribution in [2.45, 2.75) is 19.5 Å². The first kappa shape index (κ1) is 14.9. The molecule has 0 spiro atoms. The number of piperazine rings is 1. The van der Waals surface area contributed by atoms with Crippen LogP contribution in [0.4, 0.5) is 0 Å². The Morgan fingerprint density at radius 2 is 2.37 bits per heavy atom. The van der Waals surface area contributed by atoms with Gasteiger partial charge in [-0.2, -0.15) is 0 Å². The molecule has 0 aromatic carbocycles. The molecule has 0 bridgehead atoms. The molecule has 1 saturated heterocycles. The molecule has 0 amide bonds. The topological polar surface area (TPSA) is 28.2 Å². The number of hydrogen-bond acceptors (Lipinski definition) is 5. The first-order chi connectivity index (χ1) is 8.83. The highest BCUT2D eigenvalue weighted by molar-refractivity contribution is 7.20. The molecule has 3 heterocycles. The first-order valence-electron chi connectivity index (χ1n) is 6.26. The van der Waals surface area contributed by atoms with Crippen LogP contribution in [-0.2, 0) is 6.54 Å². The Morgan fingerprint density at radius 3 is 3.11 bits per heavy atom. The zero-order valence-corrected chi connectivity index (χ0v) is 13.3. The molecule has 1 atom stereocenters. The average Bonchev–Trinajstić information content (AvgIpc) is 3.02. The van der Waals surface area contributed by atoms with Crippen LogP contribution in [-0.4, -0.2) is 35.6 Å². The maximum Gasteiger partial charge on any atom is 0.133 e. The number of rotatable bonds is 3. The molecule has 1 N–H and O–H groups in total. The van der Waals surface area contributed by atoms with Gasteiger partial charge in [0.25, 0.3) is 0 Å². The SMILES string of the molecule is C[C@@H]1CNCCN1Cc1csc(-c2cccs2)n1.Cl. The van der Waals surface area contributed by atoms with Gasteiger partial charge in [-0.15, -0.1) is 35.1 Å². The van der Waals surface area contributed by atoms with E-state index in [9.17, 15) is 0 Å². The zero-order valence-electron chi connectivity index (χ0n) is 10.8. The van der Waals surface area contributed by atoms with Gasteiger partial charge in [-0.1, -0.05) is 6.07 Å². The minimum atomic E-state index is 0. The van der Waals surface area contributed by atoms with Gasteiger partial charge in [-0.25, -0.2) is 4.98 Å². The van der Waals surface area contributed by atoms with Gasteiger partial charge in [0.15, 0.2) is 0 Å². The summed E-state index contributed by atoms with van der Waals surface area (Å²) < 4.78 is 0. The number of thiophene rings is 1. The number of nitrogens with one attached hydrogen (secondary N) is 1. The second-order valence-electron chi connectivity index (χ2n) is 4.64. The fraction of sp³-hybridized carbons (Fsp3) is 0.462. The summed E-state index contributed by atoms with van der Waals surface area (Å²) >= 11 is 3.51. The third-order valence-corrected chi connectivity index (χ3v) is 5.22. The van der Waals surface area contributed by atoms with Crippen LogP contribution in [0, 0.1) is 0 Å². The minimum Gasteiger partial charge on any atom is -0.314 e. The van der Waals surface area contributed by atoms with E-state index < -0.39 is 0 Å². The van der Waals surface area contributed by atoms with Gasteiger partial charge in [-0.3, -0.25) is 4.90 Å². The van der Waals surface area contributed by atoms with E-state index in [0.717, 1.165) is 31.2 Å². The van der Waals surface area contributed by atoms with Gasteiger partial charge in [0.1, 0.15) is 5.01 Å². The summed E-state index contributed by atoms with van der Waals surface area (Å²) in [5.41, 5.74) is 1.21. The molecule has 6 heteroatoms. The van der Waals surface area contributed by atoms with Crippen LogP contribution in [0.2, 0.25) is 0 Å². The number of aromatic nitrogens is 1. The predicted octanol–water partition coefficient (Wildman–Crippen LogP) is 3.09. The fourth-order valence-corrected chi connectivity index (χ4v) is 3.84. The number of thiazole rings is 1. The summed E-state index contributed by atoms with van der Waals surface area (Å²) in [6.07, 6.45) is 0. The van der Waals surface area contributed by atoms with E-state index in [1.165, 1.54) is 10.6 Å². The lowest BCUT2D eigenvalue weighted by Gasteiger charge is -2.33. The van der Waals surface area contributed by atoms with Gasteiger partial charge >= 0.3 is 0 Å². The average molecular weight is 316 g/mol. The molecule has 3 rings (SSSR count). The third kappa shape index (κ3) is 3.55. The van der Waals surface area contributed by atoms with Gasteiger partial charge in [0.05, 0.1) is 10.6 Å². The lowest BCUT2D eigenvalue weighted by Crippen LogP contribution is -2.49. The minimum absolute atomic E-state index is 0. The molecule has 0 aliphatic carbocycles. The van der Waals surface area contributed by atoms with Gasteiger partial charge in [-0.05, 0) is 18.4 Å². The molecule has 104 valence electrons. The van der Waals surface area contributed by atoms with E-state index in [1.807, 2.05) is 0 Å². The van der Waals surface area contributed by atoms with Crippen molar-refractivity contribution in [3.8, 4) is 9.88 Å². The van der Waals surface area contributed by atoms with Crippen LogP contribution < -0.4 is 5.32 Å². The molecular formula is C13H18ClN3S2. The fourth-order valence-electron chi connectivity index (χ4n) is 2.22. The summed E-state index contributed by atoms with van der Waals surface area (Å²) in [6, 6.07) is 4.82. The summed E-state index contributed by atoms with van der Waals surface area (Å²) in [4.78, 5) is 8.53. The Morgan fingerprint density at radius 1 is 1.47 bits per heavy atom. The number of nitrogens with zero attached hydrogens (tertiary/aromatic N) is 2. The van der Waals surface area contributed by atoms with Gasteiger partial charge in [0.2, 0.25) is 0 Å². The summed E-state index contributed by atoms with van der Waals surface area (Å²) in [5, 5.41) is 8.88. The second-order valence-corrected chi connectivity index (χ2v) is 6.45. The van der Waals surface area contributed by atoms with Crippen molar-refractivity contribution in [2.24, 2.45) is 0 Å². The van der Waals surface area contributed by atoms with E-state index in [-0.39, 0.29) is 12.4 Å². The summed E-state index contributed by atoms with van der Waals surface area (Å²) in [7, 11) is 0. The zero-order chi connectivity index (χ0) is 12.4. The van der Waals surface area contributed by atoms with Crippen molar-refractivity contribution < 1.29 is 0 Å². The maximum absolute atomic E-state index is 4.75. The highest BCUT2D eigenvalue weighted by atomic mass is 35.5. The monoisotopic (exact) mass is 315 g/mol. The molecule has 1 aliphatic heterocycles. The van der Waals surface area contributed by atoms with Crippen molar-refractivity contribution in [1.29, 1.82) is 0 Å². The van der Waals surface area contributed by atoms with Gasteiger partial charge < -0.3 is 5.32 Å². The van der Waals surface area contributed by atoms with E-state index in [4.69, 9.17) is 4.98 Å². The lowest BCUT2D eigenvalue weighted by atomic mass is 10.2. The molecule has 0 saturated carbocycles. The Bertz CT molecular complexity index is 498. The molecule has 2 aromatic rings. The molecule has 2 aromatic heterocycles. The second kappa shape index (κ2) is 6.81. The largest absolute Gasteiger partial charge is 0.314 e. The molecule has 1 aliphatic rings. The van der Waals surface area contributed by atoms with Crippen molar-refractivity contribution in [2.75, 3.05) is 19.6 Å². The molecule has 0 radical (unpaired) electrons. The molecule has 1 fully saturated rings. The number of hydrogen-bond donors (Lipinski definition) is 1. The Balaban J connectivity index is 0.00000133. The van der Waals surface area contributed by atoms with E-state index >= 15 is 0 Å². The van der Waals surface area contributed by atoms with Crippen molar-refractivity contribution in [3.05, 3.63) is 28.6 Å². The van der Waals surface area contributed by atoms with Crippen molar-refractivity contribution in [3.63, 3.8) is 0 Å². The van der Waals surface area contributed by atoms with Crippen molar-refractivity contribution >= 4 is 35.1 Å². The highest BCUT2D eigenvalue weighted by Gasteiger charge is 2.19. The Hall–Kier alpha value is -0.460. The molecule has 0 unspecified atom stereocenters. The molecular weight excluding hydrogens is 298 g/mol. The quantitative estimate of drug-likeness (QED) is 0.943. The van der Waals surface area contributed by atoms with E-state index in [0.29, 0.717) is 6.04 Å².